The van der Waals surface area contributed by atoms with Crippen molar-refractivity contribution in [3.05, 3.63) is 54.5 Å². The van der Waals surface area contributed by atoms with E-state index in [4.69, 9.17) is 4.42 Å². The number of rotatable bonds is 7. The third-order valence-corrected chi connectivity index (χ3v) is 8.04. The summed E-state index contributed by atoms with van der Waals surface area (Å²) in [7, 11) is -3.50. The van der Waals surface area contributed by atoms with Crippen molar-refractivity contribution < 1.29 is 17.6 Å². The van der Waals surface area contributed by atoms with Crippen LogP contribution in [-0.4, -0.2) is 56.3 Å². The average Bonchev–Trinajstić information content (AvgIpc) is 3.50. The van der Waals surface area contributed by atoms with Gasteiger partial charge >= 0.3 is 0 Å². The average molecular weight is 432 g/mol. The molecule has 2 aromatic rings. The molecule has 0 radical (unpaired) electrons. The van der Waals surface area contributed by atoms with Gasteiger partial charge in [0.1, 0.15) is 5.76 Å². The Morgan fingerprint density at radius 2 is 1.73 bits per heavy atom. The Morgan fingerprint density at radius 3 is 2.37 bits per heavy atom. The Kier molecular flexibility index (Phi) is 6.55. The fraction of sp³-hybridized carbons (Fsp3) is 0.500. The summed E-state index contributed by atoms with van der Waals surface area (Å²) in [5.41, 5.74) is 0. The van der Waals surface area contributed by atoms with Gasteiger partial charge in [-0.05, 0) is 63.0 Å². The summed E-state index contributed by atoms with van der Waals surface area (Å²) < 4.78 is 32.6. The molecule has 0 unspecified atom stereocenters. The van der Waals surface area contributed by atoms with E-state index in [-0.39, 0.29) is 17.9 Å². The second kappa shape index (κ2) is 9.32. The zero-order valence-corrected chi connectivity index (χ0v) is 17.9. The van der Waals surface area contributed by atoms with Gasteiger partial charge < -0.3 is 9.73 Å². The highest BCUT2D eigenvalue weighted by Crippen LogP contribution is 2.26. The molecular weight excluding hydrogens is 402 g/mol. The van der Waals surface area contributed by atoms with Crippen LogP contribution in [0.1, 0.15) is 37.5 Å². The van der Waals surface area contributed by atoms with Crippen LogP contribution >= 0.6 is 0 Å². The van der Waals surface area contributed by atoms with E-state index in [0.717, 1.165) is 18.8 Å². The highest BCUT2D eigenvalue weighted by Gasteiger charge is 2.33. The first kappa shape index (κ1) is 21.1. The molecule has 1 atom stereocenters. The summed E-state index contributed by atoms with van der Waals surface area (Å²) >= 11 is 0. The van der Waals surface area contributed by atoms with Crippen molar-refractivity contribution in [3.63, 3.8) is 0 Å². The van der Waals surface area contributed by atoms with Crippen molar-refractivity contribution in [2.45, 2.75) is 36.6 Å². The van der Waals surface area contributed by atoms with Gasteiger partial charge in [-0.3, -0.25) is 9.69 Å². The van der Waals surface area contributed by atoms with Crippen LogP contribution in [0.4, 0.5) is 0 Å². The number of carbonyl (C=O) groups excluding carboxylic acids is 1. The molecule has 30 heavy (non-hydrogen) atoms. The number of nitrogens with zero attached hydrogens (tertiary/aromatic N) is 2. The number of furan rings is 1. The van der Waals surface area contributed by atoms with E-state index in [0.29, 0.717) is 37.4 Å². The molecule has 162 valence electrons. The van der Waals surface area contributed by atoms with Gasteiger partial charge in [-0.2, -0.15) is 4.31 Å². The molecule has 1 aromatic heterocycles. The van der Waals surface area contributed by atoms with Crippen molar-refractivity contribution in [1.29, 1.82) is 0 Å². The van der Waals surface area contributed by atoms with Crippen LogP contribution in [0, 0.1) is 5.92 Å². The van der Waals surface area contributed by atoms with Crippen molar-refractivity contribution >= 4 is 15.9 Å². The second-order valence-corrected chi connectivity index (χ2v) is 9.95. The zero-order chi connectivity index (χ0) is 21.0. The van der Waals surface area contributed by atoms with Gasteiger partial charge in [0.05, 0.1) is 17.2 Å². The summed E-state index contributed by atoms with van der Waals surface area (Å²) in [6.45, 7) is 3.26. The first-order chi connectivity index (χ1) is 14.6. The molecule has 8 heteroatoms. The van der Waals surface area contributed by atoms with E-state index >= 15 is 0 Å². The first-order valence-electron chi connectivity index (χ1n) is 10.7. The number of carbonyl (C=O) groups is 1. The molecule has 1 aromatic carbocycles. The van der Waals surface area contributed by atoms with Crippen molar-refractivity contribution in [1.82, 2.24) is 14.5 Å². The van der Waals surface area contributed by atoms with Gasteiger partial charge in [-0.1, -0.05) is 18.2 Å². The van der Waals surface area contributed by atoms with Crippen molar-refractivity contribution in [2.24, 2.45) is 5.92 Å². The minimum Gasteiger partial charge on any atom is -0.468 e. The molecule has 0 spiro atoms. The van der Waals surface area contributed by atoms with Gasteiger partial charge in [-0.15, -0.1) is 0 Å². The highest BCUT2D eigenvalue weighted by atomic mass is 32.2. The Bertz CT molecular complexity index is 917. The summed E-state index contributed by atoms with van der Waals surface area (Å²) in [6.07, 6.45) is 5.07. The summed E-state index contributed by atoms with van der Waals surface area (Å²) in [6, 6.07) is 12.4. The SMILES string of the molecule is O=C(NC[C@@H](c1ccco1)N1CCCC1)C1CCN(S(=O)(=O)c2ccccc2)CC1. The largest absolute Gasteiger partial charge is 0.468 e. The Balaban J connectivity index is 1.32. The second-order valence-electron chi connectivity index (χ2n) is 8.01. The summed E-state index contributed by atoms with van der Waals surface area (Å²) in [4.78, 5) is 15.4. The smallest absolute Gasteiger partial charge is 0.243 e. The maximum atomic E-state index is 12.8. The lowest BCUT2D eigenvalue weighted by Crippen LogP contribution is -2.44. The number of piperidine rings is 1. The lowest BCUT2D eigenvalue weighted by molar-refractivity contribution is -0.126. The van der Waals surface area contributed by atoms with Crippen LogP contribution in [-0.2, 0) is 14.8 Å². The number of hydrogen-bond acceptors (Lipinski definition) is 5. The van der Waals surface area contributed by atoms with E-state index in [1.165, 1.54) is 17.1 Å². The van der Waals surface area contributed by atoms with Crippen LogP contribution in [0.2, 0.25) is 0 Å². The molecular formula is C22H29N3O4S. The van der Waals surface area contributed by atoms with Gasteiger partial charge in [0.2, 0.25) is 15.9 Å². The van der Waals surface area contributed by atoms with E-state index < -0.39 is 10.0 Å². The van der Waals surface area contributed by atoms with Gasteiger partial charge in [0, 0.05) is 25.6 Å². The van der Waals surface area contributed by atoms with Crippen molar-refractivity contribution in [3.8, 4) is 0 Å². The molecule has 2 saturated heterocycles. The quantitative estimate of drug-likeness (QED) is 0.729. The molecule has 2 fully saturated rings. The van der Waals surface area contributed by atoms with Crippen LogP contribution < -0.4 is 5.32 Å². The maximum Gasteiger partial charge on any atom is 0.243 e. The predicted octanol–water partition coefficient (Wildman–Crippen LogP) is 2.63. The minimum atomic E-state index is -3.50. The van der Waals surface area contributed by atoms with Gasteiger partial charge in [0.15, 0.2) is 0 Å². The molecule has 0 bridgehead atoms. The fourth-order valence-electron chi connectivity index (χ4n) is 4.39. The van der Waals surface area contributed by atoms with E-state index in [1.807, 2.05) is 12.1 Å². The predicted molar refractivity (Wildman–Crippen MR) is 113 cm³/mol. The topological polar surface area (TPSA) is 82.9 Å². The van der Waals surface area contributed by atoms with E-state index in [9.17, 15) is 13.2 Å². The standard InChI is InChI=1S/C22H29N3O4S/c26-22(23-17-20(21-9-6-16-29-21)24-12-4-5-13-24)18-10-14-25(15-11-18)30(27,28)19-7-2-1-3-8-19/h1-3,6-9,16,18,20H,4-5,10-15,17H2,(H,23,26)/t20-/m0/s1. The summed E-state index contributed by atoms with van der Waals surface area (Å²) in [5.74, 6) is 0.714. The zero-order valence-electron chi connectivity index (χ0n) is 17.1. The Labute approximate surface area is 178 Å². The maximum absolute atomic E-state index is 12.8. The number of sulfonamides is 1. The van der Waals surface area contributed by atoms with Crippen LogP contribution in [0.25, 0.3) is 0 Å². The highest BCUT2D eigenvalue weighted by molar-refractivity contribution is 7.89. The third kappa shape index (κ3) is 4.61. The Morgan fingerprint density at radius 1 is 1.03 bits per heavy atom. The fourth-order valence-corrected chi connectivity index (χ4v) is 5.88. The van der Waals surface area contributed by atoms with Gasteiger partial charge in [-0.25, -0.2) is 8.42 Å². The van der Waals surface area contributed by atoms with E-state index in [2.05, 4.69) is 10.2 Å². The Hall–Kier alpha value is -2.16. The van der Waals surface area contributed by atoms with Crippen LogP contribution in [0.3, 0.4) is 0 Å². The van der Waals surface area contributed by atoms with Crippen molar-refractivity contribution in [2.75, 3.05) is 32.7 Å². The number of amides is 1. The molecule has 3 heterocycles. The van der Waals surface area contributed by atoms with E-state index in [1.54, 1.807) is 36.6 Å². The number of likely N-dealkylation sites (tertiary alicyclic amines) is 1. The normalized spacial score (nSPS) is 20.3. The number of benzene rings is 1. The van der Waals surface area contributed by atoms with Gasteiger partial charge in [0.25, 0.3) is 0 Å². The number of nitrogens with one attached hydrogen (secondary N) is 1. The lowest BCUT2D eigenvalue weighted by atomic mass is 9.97. The molecule has 1 amide bonds. The molecule has 2 aliphatic heterocycles. The molecule has 0 saturated carbocycles. The monoisotopic (exact) mass is 431 g/mol. The molecule has 0 aliphatic carbocycles. The van der Waals surface area contributed by atoms with Crippen LogP contribution in [0.15, 0.2) is 58.0 Å². The first-order valence-corrected chi connectivity index (χ1v) is 12.1. The molecule has 1 N–H and O–H groups in total. The molecule has 4 rings (SSSR count). The molecule has 2 aliphatic rings. The third-order valence-electron chi connectivity index (χ3n) is 6.13. The van der Waals surface area contributed by atoms with Crippen LogP contribution in [0.5, 0.6) is 0 Å². The summed E-state index contributed by atoms with van der Waals surface area (Å²) in [5, 5.41) is 3.09. The minimum absolute atomic E-state index is 0.00233. The number of hydrogen-bond donors (Lipinski definition) is 1. The molecule has 7 nitrogen and oxygen atoms in total. The lowest BCUT2D eigenvalue weighted by Gasteiger charge is -2.31.